The molecule has 0 radical (unpaired) electrons. The van der Waals surface area contributed by atoms with Crippen LogP contribution in [0.25, 0.3) is 0 Å². The van der Waals surface area contributed by atoms with Gasteiger partial charge in [-0.3, -0.25) is 0 Å². The topological polar surface area (TPSA) is 38.9 Å². The van der Waals surface area contributed by atoms with E-state index in [-0.39, 0.29) is 11.0 Å². The monoisotopic (exact) mass is 224 g/mol. The van der Waals surface area contributed by atoms with Gasteiger partial charge in [-0.2, -0.15) is 0 Å². The average molecular weight is 224 g/mol. The van der Waals surface area contributed by atoms with Gasteiger partial charge in [-0.15, -0.1) is 11.3 Å². The van der Waals surface area contributed by atoms with Gasteiger partial charge in [0.1, 0.15) is 5.01 Å². The fourth-order valence-electron chi connectivity index (χ4n) is 2.21. The van der Waals surface area contributed by atoms with Crippen LogP contribution in [0.2, 0.25) is 0 Å². The molecular formula is C12H20N2S. The van der Waals surface area contributed by atoms with E-state index in [1.165, 1.54) is 5.69 Å². The number of rotatable bonds is 1. The third-order valence-electron chi connectivity index (χ3n) is 3.12. The fourth-order valence-corrected chi connectivity index (χ4v) is 3.39. The lowest BCUT2D eigenvalue weighted by Gasteiger charge is -2.41. The van der Waals surface area contributed by atoms with Crippen LogP contribution in [0.3, 0.4) is 0 Å². The van der Waals surface area contributed by atoms with Gasteiger partial charge >= 0.3 is 0 Å². The Morgan fingerprint density at radius 2 is 2.07 bits per heavy atom. The van der Waals surface area contributed by atoms with Gasteiger partial charge in [0, 0.05) is 10.8 Å². The number of nitrogens with zero attached hydrogens (tertiary/aromatic N) is 1. The highest BCUT2D eigenvalue weighted by molar-refractivity contribution is 7.09. The molecule has 15 heavy (non-hydrogen) atoms. The number of thiazole rings is 1. The Bertz CT molecular complexity index is 356. The van der Waals surface area contributed by atoms with Crippen molar-refractivity contribution in [3.05, 3.63) is 16.1 Å². The lowest BCUT2D eigenvalue weighted by molar-refractivity contribution is 0.163. The van der Waals surface area contributed by atoms with Crippen molar-refractivity contribution < 1.29 is 0 Å². The molecule has 0 atom stereocenters. The summed E-state index contributed by atoms with van der Waals surface area (Å²) in [4.78, 5) is 4.70. The molecule has 1 aliphatic rings. The molecular weight excluding hydrogens is 204 g/mol. The molecule has 0 amide bonds. The second-order valence-corrected chi connectivity index (χ2v) is 6.82. The van der Waals surface area contributed by atoms with Crippen LogP contribution in [0.15, 0.2) is 5.38 Å². The van der Waals surface area contributed by atoms with Crippen molar-refractivity contribution in [3.63, 3.8) is 0 Å². The normalized spacial score (nSPS) is 31.4. The average Bonchev–Trinajstić information content (AvgIpc) is 2.47. The summed E-state index contributed by atoms with van der Waals surface area (Å²) in [5, 5.41) is 3.29. The van der Waals surface area contributed by atoms with E-state index in [2.05, 4.69) is 33.1 Å². The van der Waals surface area contributed by atoms with Gasteiger partial charge in [0.25, 0.3) is 0 Å². The van der Waals surface area contributed by atoms with E-state index < -0.39 is 0 Å². The first-order valence-electron chi connectivity index (χ1n) is 5.57. The molecule has 0 aliphatic heterocycles. The number of nitrogens with two attached hydrogens (primary N) is 1. The highest BCUT2D eigenvalue weighted by Crippen LogP contribution is 2.44. The maximum atomic E-state index is 6.32. The first kappa shape index (κ1) is 11.1. The number of aromatic nitrogens is 1. The molecule has 1 fully saturated rings. The summed E-state index contributed by atoms with van der Waals surface area (Å²) in [5.41, 5.74) is 7.51. The SMILES string of the molecule is CC1CC(N)(c2nc(C(C)(C)C)cs2)C1. The predicted molar refractivity (Wildman–Crippen MR) is 65.1 cm³/mol. The molecule has 1 saturated carbocycles. The Hall–Kier alpha value is -0.410. The molecule has 3 heteroatoms. The second kappa shape index (κ2) is 3.29. The second-order valence-electron chi connectivity index (χ2n) is 5.96. The summed E-state index contributed by atoms with van der Waals surface area (Å²) < 4.78 is 0. The van der Waals surface area contributed by atoms with Crippen molar-refractivity contribution in [3.8, 4) is 0 Å². The Balaban J connectivity index is 2.21. The summed E-state index contributed by atoms with van der Waals surface area (Å²) in [5.74, 6) is 0.761. The first-order valence-corrected chi connectivity index (χ1v) is 6.44. The van der Waals surface area contributed by atoms with Crippen molar-refractivity contribution in [1.29, 1.82) is 0 Å². The van der Waals surface area contributed by atoms with E-state index in [1.54, 1.807) is 11.3 Å². The molecule has 2 nitrogen and oxygen atoms in total. The maximum Gasteiger partial charge on any atom is 0.113 e. The molecule has 0 saturated heterocycles. The first-order chi connectivity index (χ1) is 6.81. The van der Waals surface area contributed by atoms with Crippen LogP contribution in [-0.2, 0) is 11.0 Å². The molecule has 2 N–H and O–H groups in total. The minimum atomic E-state index is -0.117. The Labute approximate surface area is 95.9 Å². The molecule has 1 aromatic rings. The van der Waals surface area contributed by atoms with Gasteiger partial charge in [0.15, 0.2) is 0 Å². The van der Waals surface area contributed by atoms with Gasteiger partial charge < -0.3 is 5.73 Å². The zero-order valence-electron chi connectivity index (χ0n) is 10.0. The zero-order valence-corrected chi connectivity index (χ0v) is 10.8. The van der Waals surface area contributed by atoms with Gasteiger partial charge in [-0.25, -0.2) is 4.98 Å². The minimum absolute atomic E-state index is 0.117. The molecule has 1 aliphatic carbocycles. The minimum Gasteiger partial charge on any atom is -0.319 e. The van der Waals surface area contributed by atoms with Crippen LogP contribution in [0.5, 0.6) is 0 Å². The Morgan fingerprint density at radius 3 is 2.47 bits per heavy atom. The third-order valence-corrected chi connectivity index (χ3v) is 4.19. The van der Waals surface area contributed by atoms with Crippen molar-refractivity contribution in [2.75, 3.05) is 0 Å². The zero-order chi connectivity index (χ0) is 11.3. The molecule has 0 spiro atoms. The number of hydrogen-bond donors (Lipinski definition) is 1. The molecule has 1 aromatic heterocycles. The van der Waals surface area contributed by atoms with Gasteiger partial charge in [-0.1, -0.05) is 27.7 Å². The molecule has 0 aromatic carbocycles. The Morgan fingerprint density at radius 1 is 1.47 bits per heavy atom. The Kier molecular flexibility index (Phi) is 2.43. The molecule has 84 valence electrons. The van der Waals surface area contributed by atoms with E-state index in [4.69, 9.17) is 10.7 Å². The lowest BCUT2D eigenvalue weighted by atomic mass is 9.70. The van der Waals surface area contributed by atoms with E-state index in [0.29, 0.717) is 0 Å². The molecule has 2 rings (SSSR count). The molecule has 0 bridgehead atoms. The number of hydrogen-bond acceptors (Lipinski definition) is 3. The standard InChI is InChI=1S/C12H20N2S/c1-8-5-12(13,6-8)10-14-9(7-15-10)11(2,3)4/h7-8H,5-6,13H2,1-4H3. The van der Waals surface area contributed by atoms with E-state index in [0.717, 1.165) is 23.8 Å². The predicted octanol–water partition coefficient (Wildman–Crippen LogP) is 3.02. The van der Waals surface area contributed by atoms with Crippen LogP contribution in [0.1, 0.15) is 51.2 Å². The van der Waals surface area contributed by atoms with Crippen LogP contribution < -0.4 is 5.73 Å². The van der Waals surface area contributed by atoms with Crippen LogP contribution in [0.4, 0.5) is 0 Å². The maximum absolute atomic E-state index is 6.32. The largest absolute Gasteiger partial charge is 0.319 e. The van der Waals surface area contributed by atoms with Gasteiger partial charge in [0.2, 0.25) is 0 Å². The molecule has 1 heterocycles. The summed E-state index contributed by atoms with van der Waals surface area (Å²) >= 11 is 1.73. The fraction of sp³-hybridized carbons (Fsp3) is 0.750. The van der Waals surface area contributed by atoms with Crippen LogP contribution in [-0.4, -0.2) is 4.98 Å². The van der Waals surface area contributed by atoms with Crippen LogP contribution in [0, 0.1) is 5.92 Å². The van der Waals surface area contributed by atoms with Gasteiger partial charge in [-0.05, 0) is 18.8 Å². The van der Waals surface area contributed by atoms with Crippen molar-refractivity contribution in [2.24, 2.45) is 11.7 Å². The smallest absolute Gasteiger partial charge is 0.113 e. The van der Waals surface area contributed by atoms with Crippen molar-refractivity contribution in [2.45, 2.75) is 51.5 Å². The summed E-state index contributed by atoms with van der Waals surface area (Å²) in [7, 11) is 0. The van der Waals surface area contributed by atoms with E-state index in [1.807, 2.05) is 0 Å². The lowest BCUT2D eigenvalue weighted by Crippen LogP contribution is -2.48. The highest BCUT2D eigenvalue weighted by atomic mass is 32.1. The van der Waals surface area contributed by atoms with Crippen molar-refractivity contribution >= 4 is 11.3 Å². The van der Waals surface area contributed by atoms with E-state index in [9.17, 15) is 0 Å². The summed E-state index contributed by atoms with van der Waals surface area (Å²) in [6.45, 7) is 8.83. The third kappa shape index (κ3) is 1.95. The summed E-state index contributed by atoms with van der Waals surface area (Å²) in [6.07, 6.45) is 2.17. The van der Waals surface area contributed by atoms with E-state index >= 15 is 0 Å². The quantitative estimate of drug-likeness (QED) is 0.796. The van der Waals surface area contributed by atoms with Crippen LogP contribution >= 0.6 is 11.3 Å². The van der Waals surface area contributed by atoms with Crippen molar-refractivity contribution in [1.82, 2.24) is 4.98 Å². The highest BCUT2D eigenvalue weighted by Gasteiger charge is 2.42. The molecule has 0 unspecified atom stereocenters. The summed E-state index contributed by atoms with van der Waals surface area (Å²) in [6, 6.07) is 0. The van der Waals surface area contributed by atoms with Gasteiger partial charge in [0.05, 0.1) is 11.2 Å².